The molecule has 0 aliphatic carbocycles. The average molecular weight is 738 g/mol. The summed E-state index contributed by atoms with van der Waals surface area (Å²) in [6.45, 7) is 9.84. The van der Waals surface area contributed by atoms with Crippen molar-refractivity contribution in [2.75, 3.05) is 55.6 Å². The first kappa shape index (κ1) is 36.6. The Morgan fingerprint density at radius 1 is 0.727 bits per heavy atom. The summed E-state index contributed by atoms with van der Waals surface area (Å²) in [4.78, 5) is 46.4. The molecule has 0 saturated carbocycles. The lowest BCUT2D eigenvalue weighted by atomic mass is 9.88. The summed E-state index contributed by atoms with van der Waals surface area (Å²) in [5, 5.41) is 12.4. The van der Waals surface area contributed by atoms with Gasteiger partial charge in [0.25, 0.3) is 5.91 Å². The van der Waals surface area contributed by atoms with Crippen molar-refractivity contribution in [3.63, 3.8) is 0 Å². The van der Waals surface area contributed by atoms with Crippen LogP contribution in [0.4, 0.5) is 11.4 Å². The fourth-order valence-corrected chi connectivity index (χ4v) is 8.98. The number of piperidine rings is 2. The number of hydrogen-bond acceptors (Lipinski definition) is 7. The minimum Gasteiger partial charge on any atom is -0.508 e. The molecule has 0 aromatic heterocycles. The molecule has 0 unspecified atom stereocenters. The Morgan fingerprint density at radius 2 is 1.38 bits per heavy atom. The van der Waals surface area contributed by atoms with E-state index in [1.807, 2.05) is 24.3 Å². The molecule has 0 spiro atoms. The normalized spacial score (nSPS) is 20.1. The molecule has 3 saturated heterocycles. The van der Waals surface area contributed by atoms with E-state index < -0.39 is 6.04 Å². The van der Waals surface area contributed by atoms with E-state index in [-0.39, 0.29) is 29.9 Å². The van der Waals surface area contributed by atoms with Crippen LogP contribution in [0.15, 0.2) is 97.1 Å². The number of aromatic hydroxyl groups is 1. The molecule has 0 radical (unpaired) electrons. The average Bonchev–Trinajstić information content (AvgIpc) is 3.55. The molecule has 8 rings (SSSR count). The van der Waals surface area contributed by atoms with E-state index in [4.69, 9.17) is 0 Å². The van der Waals surface area contributed by atoms with Crippen molar-refractivity contribution in [1.82, 2.24) is 15.1 Å². The van der Waals surface area contributed by atoms with Crippen LogP contribution < -0.4 is 15.1 Å². The lowest BCUT2D eigenvalue weighted by Gasteiger charge is -2.38. The second kappa shape index (κ2) is 16.1. The van der Waals surface area contributed by atoms with E-state index in [9.17, 15) is 19.5 Å². The Balaban J connectivity index is 0.824. The summed E-state index contributed by atoms with van der Waals surface area (Å²) >= 11 is 0. The molecule has 55 heavy (non-hydrogen) atoms. The van der Waals surface area contributed by atoms with Crippen LogP contribution in [0.3, 0.4) is 0 Å². The Bertz CT molecular complexity index is 2050. The van der Waals surface area contributed by atoms with Gasteiger partial charge in [-0.05, 0) is 120 Å². The smallest absolute Gasteiger partial charge is 0.255 e. The van der Waals surface area contributed by atoms with Crippen LogP contribution in [-0.2, 0) is 16.1 Å². The Hall–Kier alpha value is -5.41. The molecule has 4 aliphatic heterocycles. The van der Waals surface area contributed by atoms with Crippen molar-refractivity contribution < 1.29 is 19.5 Å². The highest BCUT2D eigenvalue weighted by Crippen LogP contribution is 2.37. The number of anilines is 2. The first-order valence-corrected chi connectivity index (χ1v) is 20.0. The third-order valence-electron chi connectivity index (χ3n) is 12.2. The number of hydrogen-bond donors (Lipinski definition) is 2. The predicted octanol–water partition coefficient (Wildman–Crippen LogP) is 6.95. The number of phenolic OH excluding ortho intramolecular Hbond substituents is 1. The largest absolute Gasteiger partial charge is 0.508 e. The Labute approximate surface area is 324 Å². The Morgan fingerprint density at radius 3 is 2.05 bits per heavy atom. The summed E-state index contributed by atoms with van der Waals surface area (Å²) in [5.74, 6) is 0.248. The van der Waals surface area contributed by atoms with Crippen LogP contribution in [0.1, 0.15) is 78.1 Å². The van der Waals surface area contributed by atoms with E-state index in [0.717, 1.165) is 75.0 Å². The lowest BCUT2D eigenvalue weighted by Crippen LogP contribution is -2.52. The number of fused-ring (bicyclic) bond motifs is 1. The number of phenols is 1. The number of carbonyl (C=O) groups excluding carboxylic acids is 3. The highest BCUT2D eigenvalue weighted by atomic mass is 16.3. The van der Waals surface area contributed by atoms with E-state index in [0.29, 0.717) is 18.5 Å². The van der Waals surface area contributed by atoms with Crippen molar-refractivity contribution >= 4 is 40.2 Å². The molecular weight excluding hydrogens is 687 g/mol. The number of imide groups is 1. The van der Waals surface area contributed by atoms with Crippen LogP contribution in [0.25, 0.3) is 11.1 Å². The molecule has 4 aromatic carbocycles. The maximum Gasteiger partial charge on any atom is 0.255 e. The molecule has 2 N–H and O–H groups in total. The van der Waals surface area contributed by atoms with Crippen LogP contribution in [0.2, 0.25) is 0 Å². The topological polar surface area (TPSA) is 96.4 Å². The Kier molecular flexibility index (Phi) is 10.7. The van der Waals surface area contributed by atoms with Crippen LogP contribution in [-0.4, -0.2) is 84.5 Å². The van der Waals surface area contributed by atoms with Gasteiger partial charge in [-0.25, -0.2) is 0 Å². The van der Waals surface area contributed by atoms with Gasteiger partial charge in [-0.1, -0.05) is 61.5 Å². The highest BCUT2D eigenvalue weighted by Gasteiger charge is 2.39. The van der Waals surface area contributed by atoms with Crippen LogP contribution >= 0.6 is 0 Å². The highest BCUT2D eigenvalue weighted by molar-refractivity contribution is 6.05. The molecule has 9 nitrogen and oxygen atoms in total. The number of rotatable bonds is 10. The summed E-state index contributed by atoms with van der Waals surface area (Å²) in [5.41, 5.74) is 10.1. The second-order valence-electron chi connectivity index (χ2n) is 15.5. The SMILES string of the molecule is CC/C(=C(/c1ccc(O)cc1)c1ccc(N2CCC(CCN3CCN(c4ccc5c(c4)CN([C@H]4CCC(=O)NC4=O)C5=O)CC3)CC2)cc1)c1ccccc1. The van der Waals surface area contributed by atoms with E-state index in [1.54, 1.807) is 17.0 Å². The first-order chi connectivity index (χ1) is 26.8. The van der Waals surface area contributed by atoms with Crippen molar-refractivity contribution in [3.05, 3.63) is 125 Å². The van der Waals surface area contributed by atoms with Gasteiger partial charge in [-0.15, -0.1) is 0 Å². The standard InChI is InChI=1S/C46H51N5O4/c1-2-40(33-6-4-3-5-7-33)44(35-10-15-39(52)16-11-35)34-8-12-37(13-9-34)49-24-21-32(22-25-49)20-23-48-26-28-50(29-27-48)38-14-17-41-36(30-38)31-51(46(41)55)42-18-19-43(53)47-45(42)54/h3-17,30,32,42,52H,2,18-29,31H2,1H3,(H,47,53,54)/b44-40-/t42-/m0/s1. The zero-order valence-corrected chi connectivity index (χ0v) is 31.8. The monoisotopic (exact) mass is 737 g/mol. The fraction of sp³-hybridized carbons (Fsp3) is 0.370. The number of nitrogens with one attached hydrogen (secondary N) is 1. The van der Waals surface area contributed by atoms with Gasteiger partial charge < -0.3 is 19.8 Å². The van der Waals surface area contributed by atoms with E-state index in [1.165, 1.54) is 47.2 Å². The molecule has 0 bridgehead atoms. The van der Waals surface area contributed by atoms with Crippen LogP contribution in [0, 0.1) is 5.92 Å². The minimum absolute atomic E-state index is 0.123. The first-order valence-electron chi connectivity index (χ1n) is 20.0. The van der Waals surface area contributed by atoms with Crippen molar-refractivity contribution in [3.8, 4) is 5.75 Å². The maximum absolute atomic E-state index is 13.1. The van der Waals surface area contributed by atoms with E-state index >= 15 is 0 Å². The number of nitrogens with zero attached hydrogens (tertiary/aromatic N) is 4. The van der Waals surface area contributed by atoms with Crippen molar-refractivity contribution in [2.45, 2.75) is 58.0 Å². The van der Waals surface area contributed by atoms with Gasteiger partial charge in [-0.2, -0.15) is 0 Å². The van der Waals surface area contributed by atoms with Crippen LogP contribution in [0.5, 0.6) is 5.75 Å². The second-order valence-corrected chi connectivity index (χ2v) is 15.5. The number of amides is 3. The van der Waals surface area contributed by atoms with Gasteiger partial charge in [0.15, 0.2) is 0 Å². The third-order valence-corrected chi connectivity index (χ3v) is 12.2. The molecule has 284 valence electrons. The lowest BCUT2D eigenvalue weighted by molar-refractivity contribution is -0.136. The quantitative estimate of drug-likeness (QED) is 0.134. The van der Waals surface area contributed by atoms with E-state index in [2.05, 4.69) is 87.6 Å². The molecule has 4 aromatic rings. The predicted molar refractivity (Wildman–Crippen MR) is 218 cm³/mol. The summed E-state index contributed by atoms with van der Waals surface area (Å²) in [6, 6.07) is 32.8. The summed E-state index contributed by atoms with van der Waals surface area (Å²) in [6.07, 6.45) is 5.18. The number of carbonyl (C=O) groups is 3. The third kappa shape index (κ3) is 7.89. The van der Waals surface area contributed by atoms with Gasteiger partial charge >= 0.3 is 0 Å². The molecule has 3 fully saturated rings. The van der Waals surface area contributed by atoms with Crippen molar-refractivity contribution in [1.29, 1.82) is 0 Å². The van der Waals surface area contributed by atoms with Crippen molar-refractivity contribution in [2.24, 2.45) is 5.92 Å². The molecule has 9 heteroatoms. The zero-order chi connectivity index (χ0) is 37.9. The number of piperazine rings is 1. The summed E-state index contributed by atoms with van der Waals surface area (Å²) in [7, 11) is 0. The summed E-state index contributed by atoms with van der Waals surface area (Å²) < 4.78 is 0. The van der Waals surface area contributed by atoms with Gasteiger partial charge in [0.2, 0.25) is 11.8 Å². The van der Waals surface area contributed by atoms with Gasteiger partial charge in [0.05, 0.1) is 0 Å². The molecule has 3 amide bonds. The molecule has 1 atom stereocenters. The zero-order valence-electron chi connectivity index (χ0n) is 31.8. The minimum atomic E-state index is -0.586. The number of allylic oxidation sites excluding steroid dienone is 1. The fourth-order valence-electron chi connectivity index (χ4n) is 8.98. The maximum atomic E-state index is 13.1. The number of benzene rings is 4. The van der Waals surface area contributed by atoms with Gasteiger partial charge in [0, 0.05) is 69.2 Å². The van der Waals surface area contributed by atoms with Gasteiger partial charge in [-0.3, -0.25) is 24.6 Å². The molecule has 4 aliphatic rings. The molecule has 4 heterocycles. The molecular formula is C46H51N5O4. The van der Waals surface area contributed by atoms with Gasteiger partial charge in [0.1, 0.15) is 11.8 Å².